The van der Waals surface area contributed by atoms with Gasteiger partial charge in [0, 0.05) is 64.4 Å². The fraction of sp³-hybridized carbons (Fsp3) is 0.786. The number of hydrogen-bond acceptors (Lipinski definition) is 5. The molecule has 3 rings (SSSR count). The molecule has 2 aliphatic rings. The Labute approximate surface area is 203 Å². The normalized spacial score (nSPS) is 24.4. The van der Waals surface area contributed by atoms with Gasteiger partial charge in [-0.25, -0.2) is 0 Å². The van der Waals surface area contributed by atoms with Crippen molar-refractivity contribution in [2.45, 2.75) is 129 Å². The minimum absolute atomic E-state index is 0.116. The maximum atomic E-state index is 6.54. The third kappa shape index (κ3) is 6.36. The highest BCUT2D eigenvalue weighted by Gasteiger charge is 2.41. The van der Waals surface area contributed by atoms with E-state index >= 15 is 0 Å². The molecule has 33 heavy (non-hydrogen) atoms. The van der Waals surface area contributed by atoms with E-state index in [0.717, 1.165) is 44.5 Å². The van der Waals surface area contributed by atoms with Crippen molar-refractivity contribution in [1.82, 2.24) is 10.6 Å². The lowest BCUT2D eigenvalue weighted by atomic mass is 9.78. The zero-order valence-electron chi connectivity index (χ0n) is 23.1. The molecule has 2 saturated heterocycles. The molecule has 2 aliphatic heterocycles. The molecule has 0 atom stereocenters. The first-order valence-corrected chi connectivity index (χ1v) is 13.1. The second-order valence-corrected chi connectivity index (χ2v) is 13.3. The van der Waals surface area contributed by atoms with Gasteiger partial charge in [-0.05, 0) is 113 Å². The largest absolute Gasteiger partial charge is 0.399 e. The van der Waals surface area contributed by atoms with Gasteiger partial charge in [0.15, 0.2) is 0 Å². The number of rotatable bonds is 6. The number of piperidine rings is 2. The lowest BCUT2D eigenvalue weighted by molar-refractivity contribution is 0.159. The molecular weight excluding hydrogens is 406 g/mol. The Balaban J connectivity index is 1.94. The molecule has 0 saturated carbocycles. The van der Waals surface area contributed by atoms with E-state index in [1.165, 1.54) is 11.4 Å². The summed E-state index contributed by atoms with van der Waals surface area (Å²) in [4.78, 5) is 5.18. The fourth-order valence-corrected chi connectivity index (χ4v) is 7.23. The lowest BCUT2D eigenvalue weighted by Gasteiger charge is -2.51. The minimum Gasteiger partial charge on any atom is -0.399 e. The van der Waals surface area contributed by atoms with Gasteiger partial charge in [0.2, 0.25) is 0 Å². The average molecular weight is 458 g/mol. The van der Waals surface area contributed by atoms with Gasteiger partial charge in [-0.15, -0.1) is 0 Å². The third-order valence-corrected chi connectivity index (χ3v) is 7.49. The molecular formula is C28H51N5. The highest BCUT2D eigenvalue weighted by atomic mass is 15.2. The van der Waals surface area contributed by atoms with Gasteiger partial charge in [-0.3, -0.25) is 0 Å². The molecule has 4 N–H and O–H groups in total. The van der Waals surface area contributed by atoms with Crippen molar-refractivity contribution in [2.75, 3.05) is 28.6 Å². The van der Waals surface area contributed by atoms with Crippen LogP contribution >= 0.6 is 0 Å². The Hall–Kier alpha value is -1.46. The summed E-state index contributed by atoms with van der Waals surface area (Å²) >= 11 is 0. The first kappa shape index (κ1) is 26.2. The number of nitrogens with two attached hydrogens (primary N) is 1. The Kier molecular flexibility index (Phi) is 7.10. The summed E-state index contributed by atoms with van der Waals surface area (Å²) in [6.07, 6.45) is 4.51. The Morgan fingerprint density at radius 2 is 0.970 bits per heavy atom. The molecule has 5 nitrogen and oxygen atoms in total. The Bertz CT molecular complexity index is 729. The zero-order chi connectivity index (χ0) is 24.8. The molecule has 188 valence electrons. The van der Waals surface area contributed by atoms with E-state index in [1.807, 2.05) is 0 Å². The van der Waals surface area contributed by atoms with Crippen LogP contribution < -0.4 is 26.2 Å². The predicted octanol–water partition coefficient (Wildman–Crippen LogP) is 5.54. The molecule has 0 unspecified atom stereocenters. The van der Waals surface area contributed by atoms with Crippen LogP contribution in [0.4, 0.5) is 17.1 Å². The summed E-state index contributed by atoms with van der Waals surface area (Å²) in [5.41, 5.74) is 10.4. The molecule has 0 radical (unpaired) electrons. The molecule has 5 heteroatoms. The van der Waals surface area contributed by atoms with Gasteiger partial charge in [0.05, 0.1) is 0 Å². The maximum absolute atomic E-state index is 6.54. The van der Waals surface area contributed by atoms with Crippen molar-refractivity contribution in [3.63, 3.8) is 0 Å². The molecule has 0 bridgehead atoms. The van der Waals surface area contributed by atoms with E-state index in [2.05, 4.69) is 108 Å². The molecule has 0 amide bonds. The van der Waals surface area contributed by atoms with Crippen LogP contribution in [0, 0.1) is 0 Å². The highest BCUT2D eigenvalue weighted by molar-refractivity contribution is 5.68. The number of hydrogen-bond donors (Lipinski definition) is 3. The van der Waals surface area contributed by atoms with Crippen LogP contribution in [0.25, 0.3) is 0 Å². The van der Waals surface area contributed by atoms with E-state index in [0.29, 0.717) is 12.1 Å². The van der Waals surface area contributed by atoms with Crippen molar-refractivity contribution < 1.29 is 0 Å². The molecule has 0 aromatic heterocycles. The van der Waals surface area contributed by atoms with Gasteiger partial charge >= 0.3 is 0 Å². The van der Waals surface area contributed by atoms with Crippen molar-refractivity contribution in [3.05, 3.63) is 18.2 Å². The van der Waals surface area contributed by atoms with Gasteiger partial charge in [0.25, 0.3) is 0 Å². The number of nitrogens with zero attached hydrogens (tertiary/aromatic N) is 2. The van der Waals surface area contributed by atoms with Gasteiger partial charge < -0.3 is 26.2 Å². The third-order valence-electron chi connectivity index (χ3n) is 7.49. The van der Waals surface area contributed by atoms with Crippen molar-refractivity contribution in [3.8, 4) is 0 Å². The fourth-order valence-electron chi connectivity index (χ4n) is 7.23. The monoisotopic (exact) mass is 457 g/mol. The summed E-state index contributed by atoms with van der Waals surface area (Å²) in [7, 11) is 0. The SMILES string of the molecule is CCN(c1cc(N)cc(N(CC)C2CC(C)(C)NC(C)(C)C2)c1)C1CC(C)(C)NC(C)(C)C1. The highest BCUT2D eigenvalue weighted by Crippen LogP contribution is 2.38. The van der Waals surface area contributed by atoms with E-state index in [9.17, 15) is 0 Å². The quantitative estimate of drug-likeness (QED) is 0.490. The van der Waals surface area contributed by atoms with Gasteiger partial charge in [-0.2, -0.15) is 0 Å². The summed E-state index contributed by atoms with van der Waals surface area (Å²) in [5.74, 6) is 0. The van der Waals surface area contributed by atoms with Crippen LogP contribution in [0.15, 0.2) is 18.2 Å². The second kappa shape index (κ2) is 8.96. The first-order valence-electron chi connectivity index (χ1n) is 13.1. The molecule has 0 aliphatic carbocycles. The van der Waals surface area contributed by atoms with Crippen LogP contribution in [0.1, 0.15) is 94.9 Å². The van der Waals surface area contributed by atoms with Crippen LogP contribution in [0.2, 0.25) is 0 Å². The van der Waals surface area contributed by atoms with E-state index in [-0.39, 0.29) is 22.2 Å². The van der Waals surface area contributed by atoms with Crippen LogP contribution in [-0.4, -0.2) is 47.3 Å². The van der Waals surface area contributed by atoms with E-state index in [1.54, 1.807) is 0 Å². The van der Waals surface area contributed by atoms with Crippen LogP contribution in [0.5, 0.6) is 0 Å². The first-order chi connectivity index (χ1) is 15.1. The van der Waals surface area contributed by atoms with E-state index in [4.69, 9.17) is 5.73 Å². The van der Waals surface area contributed by atoms with E-state index < -0.39 is 0 Å². The topological polar surface area (TPSA) is 56.6 Å². The summed E-state index contributed by atoms with van der Waals surface area (Å²) in [5, 5.41) is 7.67. The molecule has 1 aromatic rings. The lowest BCUT2D eigenvalue weighted by Crippen LogP contribution is -2.62. The van der Waals surface area contributed by atoms with Crippen LogP contribution in [0.3, 0.4) is 0 Å². The number of benzene rings is 1. The number of anilines is 3. The summed E-state index contributed by atoms with van der Waals surface area (Å²) < 4.78 is 0. The van der Waals surface area contributed by atoms with Crippen molar-refractivity contribution in [2.24, 2.45) is 0 Å². The van der Waals surface area contributed by atoms with Gasteiger partial charge in [-0.1, -0.05) is 0 Å². The Morgan fingerprint density at radius 3 is 1.24 bits per heavy atom. The number of nitrogen functional groups attached to an aromatic ring is 1. The molecule has 2 heterocycles. The molecule has 0 spiro atoms. The van der Waals surface area contributed by atoms with Crippen molar-refractivity contribution >= 4 is 17.1 Å². The zero-order valence-corrected chi connectivity index (χ0v) is 23.1. The van der Waals surface area contributed by atoms with Gasteiger partial charge in [0.1, 0.15) is 0 Å². The maximum Gasteiger partial charge on any atom is 0.0410 e. The average Bonchev–Trinajstić information content (AvgIpc) is 2.57. The standard InChI is InChI=1S/C28H51N5/c1-11-32(23-16-25(3,4)30-26(5,6)17-23)21-13-20(29)14-22(15-21)33(12-2)24-18-27(7,8)31-28(9,10)19-24/h13-15,23-24,30-31H,11-12,16-19,29H2,1-10H3. The molecule has 2 fully saturated rings. The predicted molar refractivity (Wildman–Crippen MR) is 146 cm³/mol. The minimum atomic E-state index is 0.116. The summed E-state index contributed by atoms with van der Waals surface area (Å²) in [6.45, 7) is 25.2. The summed E-state index contributed by atoms with van der Waals surface area (Å²) in [6, 6.07) is 7.73. The number of nitrogens with one attached hydrogen (secondary N) is 2. The van der Waals surface area contributed by atoms with Crippen LogP contribution in [-0.2, 0) is 0 Å². The molecule has 1 aromatic carbocycles. The van der Waals surface area contributed by atoms with Crippen molar-refractivity contribution in [1.29, 1.82) is 0 Å². The second-order valence-electron chi connectivity index (χ2n) is 13.3. The smallest absolute Gasteiger partial charge is 0.0410 e. The Morgan fingerprint density at radius 1 is 0.667 bits per heavy atom.